The molecule has 5 rings (SSSR count). The van der Waals surface area contributed by atoms with Crippen molar-refractivity contribution >= 4 is 46.8 Å². The second-order valence-electron chi connectivity index (χ2n) is 10.8. The zero-order chi connectivity index (χ0) is 27.6. The van der Waals surface area contributed by atoms with Crippen LogP contribution in [0.2, 0.25) is 5.02 Å². The number of rotatable bonds is 11. The molecule has 0 aliphatic carbocycles. The number of aliphatic hydroxyl groups excluding tert-OH is 1. The van der Waals surface area contributed by atoms with Crippen LogP contribution in [0, 0.1) is 18.8 Å². The van der Waals surface area contributed by atoms with Gasteiger partial charge in [-0.1, -0.05) is 66.9 Å². The van der Waals surface area contributed by atoms with Crippen molar-refractivity contribution in [3.05, 3.63) is 64.7 Å². The predicted octanol–water partition coefficient (Wildman–Crippen LogP) is 4.55. The molecule has 2 aromatic rings. The Morgan fingerprint density at radius 1 is 1.08 bits per heavy atom. The third-order valence-corrected chi connectivity index (χ3v) is 10.7. The maximum absolute atomic E-state index is 14.1. The minimum atomic E-state index is -0.676. The van der Waals surface area contributed by atoms with Gasteiger partial charge in [0.25, 0.3) is 0 Å². The fourth-order valence-corrected chi connectivity index (χ4v) is 9.12. The summed E-state index contributed by atoms with van der Waals surface area (Å²) in [5.41, 5.74) is 2.42. The Balaban J connectivity index is 1.40. The van der Waals surface area contributed by atoms with E-state index in [4.69, 9.17) is 16.7 Å². The number of hydrogen-bond acceptors (Lipinski definition) is 5. The number of unbranched alkanes of at least 4 members (excludes halogenated alkanes) is 3. The normalized spacial score (nSPS) is 27.1. The first-order valence-corrected chi connectivity index (χ1v) is 15.1. The van der Waals surface area contributed by atoms with E-state index in [1.165, 1.54) is 0 Å². The van der Waals surface area contributed by atoms with E-state index in [1.807, 2.05) is 49.4 Å². The predicted molar refractivity (Wildman–Crippen MR) is 154 cm³/mol. The van der Waals surface area contributed by atoms with Crippen LogP contribution in [0.25, 0.3) is 0 Å². The van der Waals surface area contributed by atoms with Gasteiger partial charge in [0, 0.05) is 24.9 Å². The summed E-state index contributed by atoms with van der Waals surface area (Å²) >= 11 is 8.11. The summed E-state index contributed by atoms with van der Waals surface area (Å²) in [5.74, 6) is -1.44. The molecule has 3 aliphatic heterocycles. The molecule has 0 aromatic heterocycles. The molecule has 3 amide bonds. The highest BCUT2D eigenvalue weighted by Crippen LogP contribution is 2.66. The Bertz CT molecular complexity index is 1210. The van der Waals surface area contributed by atoms with Gasteiger partial charge in [-0.3, -0.25) is 14.4 Å². The number of halogens is 1. The van der Waals surface area contributed by atoms with Crippen molar-refractivity contribution in [3.8, 4) is 0 Å². The highest BCUT2D eigenvalue weighted by Gasteiger charge is 2.73. The van der Waals surface area contributed by atoms with Crippen LogP contribution in [0.1, 0.15) is 49.7 Å². The number of nitrogens with one attached hydrogen (secondary N) is 2. The number of carbonyl (C=O) groups excluding carboxylic acids is 3. The molecular formula is C30H36ClN3O4S. The van der Waals surface area contributed by atoms with E-state index in [1.54, 1.807) is 22.7 Å². The lowest BCUT2D eigenvalue weighted by Crippen LogP contribution is -2.52. The summed E-state index contributed by atoms with van der Waals surface area (Å²) < 4.78 is -0.638. The molecular weight excluding hydrogens is 534 g/mol. The number of aryl methyl sites for hydroxylation is 1. The first-order valence-electron chi connectivity index (χ1n) is 13.8. The molecule has 39 heavy (non-hydrogen) atoms. The summed E-state index contributed by atoms with van der Waals surface area (Å²) in [4.78, 5) is 43.4. The highest BCUT2D eigenvalue weighted by atomic mass is 35.5. The van der Waals surface area contributed by atoms with E-state index in [0.29, 0.717) is 23.8 Å². The standard InChI is InChI=1S/C30H36ClN3O4S/c1-19-10-9-13-21(31)25(19)33-28(37)26-30-15-14-22(39-30)23(27(36)32-18-20-11-5-4-6-12-20)24(30)29(38)34(26)16-7-2-3-8-17-35/h4-6,9-13,22-24,26,35H,2-3,7-8,14-18H2,1H3,(H,32,36)(H,33,37)/t22-,23+,24+,26?,30?/m1/s1. The Hall–Kier alpha value is -2.55. The van der Waals surface area contributed by atoms with E-state index < -0.39 is 22.6 Å². The number of fused-ring (bicyclic) bond motifs is 1. The fourth-order valence-electron chi connectivity index (χ4n) is 6.63. The maximum Gasteiger partial charge on any atom is 0.248 e. The van der Waals surface area contributed by atoms with Crippen LogP contribution in [-0.4, -0.2) is 56.9 Å². The first-order chi connectivity index (χ1) is 18.9. The lowest BCUT2D eigenvalue weighted by atomic mass is 9.70. The third-order valence-electron chi connectivity index (χ3n) is 8.44. The van der Waals surface area contributed by atoms with Crippen molar-refractivity contribution in [2.24, 2.45) is 11.8 Å². The van der Waals surface area contributed by atoms with Crippen molar-refractivity contribution in [3.63, 3.8) is 0 Å². The lowest BCUT2D eigenvalue weighted by Gasteiger charge is -2.34. The van der Waals surface area contributed by atoms with Crippen LogP contribution in [0.4, 0.5) is 5.69 Å². The number of aliphatic hydroxyl groups is 1. The minimum Gasteiger partial charge on any atom is -0.396 e. The van der Waals surface area contributed by atoms with Crippen LogP contribution in [0.5, 0.6) is 0 Å². The van der Waals surface area contributed by atoms with Gasteiger partial charge in [-0.15, -0.1) is 11.8 Å². The number of benzene rings is 2. The average molecular weight is 570 g/mol. The van der Waals surface area contributed by atoms with Crippen molar-refractivity contribution in [2.45, 2.75) is 68.0 Å². The topological polar surface area (TPSA) is 98.7 Å². The maximum atomic E-state index is 14.1. The summed E-state index contributed by atoms with van der Waals surface area (Å²) in [7, 11) is 0. The molecule has 5 atom stereocenters. The van der Waals surface area contributed by atoms with Crippen LogP contribution in [-0.2, 0) is 20.9 Å². The molecule has 9 heteroatoms. The van der Waals surface area contributed by atoms with E-state index in [2.05, 4.69) is 10.6 Å². The molecule has 0 saturated carbocycles. The fraction of sp³-hybridized carbons (Fsp3) is 0.500. The van der Waals surface area contributed by atoms with Gasteiger partial charge in [0.1, 0.15) is 6.04 Å². The van der Waals surface area contributed by atoms with Gasteiger partial charge < -0.3 is 20.6 Å². The highest BCUT2D eigenvalue weighted by molar-refractivity contribution is 8.02. The number of amides is 3. The number of likely N-dealkylation sites (tertiary alicyclic amines) is 1. The van der Waals surface area contributed by atoms with Crippen molar-refractivity contribution in [1.82, 2.24) is 10.2 Å². The van der Waals surface area contributed by atoms with Crippen molar-refractivity contribution in [1.29, 1.82) is 0 Å². The Morgan fingerprint density at radius 3 is 2.59 bits per heavy atom. The largest absolute Gasteiger partial charge is 0.396 e. The summed E-state index contributed by atoms with van der Waals surface area (Å²) in [6.07, 6.45) is 4.71. The quantitative estimate of drug-likeness (QED) is 0.345. The molecule has 2 aromatic carbocycles. The Labute approximate surface area is 239 Å². The average Bonchev–Trinajstić information content (AvgIpc) is 3.57. The smallest absolute Gasteiger partial charge is 0.248 e. The van der Waals surface area contributed by atoms with Gasteiger partial charge in [-0.2, -0.15) is 0 Å². The van der Waals surface area contributed by atoms with E-state index in [9.17, 15) is 14.4 Å². The SMILES string of the molecule is Cc1cccc(Cl)c1NC(=O)C1N(CCCCCCO)C(=O)[C@@H]2[C@@H](C(=O)NCc3ccccc3)[C@H]3CCC12S3. The number of thioether (sulfide) groups is 1. The van der Waals surface area contributed by atoms with E-state index in [-0.39, 0.29) is 29.6 Å². The Kier molecular flexibility index (Phi) is 8.55. The lowest BCUT2D eigenvalue weighted by molar-refractivity contribution is -0.139. The van der Waals surface area contributed by atoms with Gasteiger partial charge in [0.2, 0.25) is 17.7 Å². The molecule has 0 radical (unpaired) electrons. The summed E-state index contributed by atoms with van der Waals surface area (Å²) in [6.45, 7) is 2.90. The van der Waals surface area contributed by atoms with E-state index in [0.717, 1.165) is 49.7 Å². The molecule has 3 heterocycles. The zero-order valence-corrected chi connectivity index (χ0v) is 23.8. The van der Waals surface area contributed by atoms with Crippen LogP contribution in [0.15, 0.2) is 48.5 Å². The molecule has 7 nitrogen and oxygen atoms in total. The second-order valence-corrected chi connectivity index (χ2v) is 12.9. The number of hydrogen-bond donors (Lipinski definition) is 3. The summed E-state index contributed by atoms with van der Waals surface area (Å²) in [6, 6.07) is 14.5. The van der Waals surface area contributed by atoms with Crippen molar-refractivity contribution in [2.75, 3.05) is 18.5 Å². The van der Waals surface area contributed by atoms with Crippen LogP contribution >= 0.6 is 23.4 Å². The van der Waals surface area contributed by atoms with Crippen LogP contribution in [0.3, 0.4) is 0 Å². The number of carbonyl (C=O) groups is 3. The molecule has 1 spiro atoms. The summed E-state index contributed by atoms with van der Waals surface area (Å²) in [5, 5.41) is 15.7. The molecule has 3 aliphatic rings. The third kappa shape index (κ3) is 5.31. The number of para-hydroxylation sites is 1. The molecule has 2 unspecified atom stereocenters. The minimum absolute atomic E-state index is 0.0128. The van der Waals surface area contributed by atoms with Gasteiger partial charge in [0.15, 0.2) is 0 Å². The van der Waals surface area contributed by atoms with Crippen LogP contribution < -0.4 is 10.6 Å². The van der Waals surface area contributed by atoms with Crippen molar-refractivity contribution < 1.29 is 19.5 Å². The van der Waals surface area contributed by atoms with Gasteiger partial charge in [-0.05, 0) is 49.8 Å². The number of nitrogens with zero attached hydrogens (tertiary/aromatic N) is 1. The zero-order valence-electron chi connectivity index (χ0n) is 22.2. The molecule has 3 saturated heterocycles. The van der Waals surface area contributed by atoms with Gasteiger partial charge in [0.05, 0.1) is 27.3 Å². The van der Waals surface area contributed by atoms with E-state index >= 15 is 0 Å². The second kappa shape index (κ2) is 11.9. The molecule has 2 bridgehead atoms. The van der Waals surface area contributed by atoms with Gasteiger partial charge >= 0.3 is 0 Å². The monoisotopic (exact) mass is 569 g/mol. The Morgan fingerprint density at radius 2 is 1.85 bits per heavy atom. The first kappa shape index (κ1) is 28.0. The molecule has 3 N–H and O–H groups in total. The van der Waals surface area contributed by atoms with Gasteiger partial charge in [-0.25, -0.2) is 0 Å². The molecule has 208 valence electrons. The number of anilines is 1. The molecule has 3 fully saturated rings.